The summed E-state index contributed by atoms with van der Waals surface area (Å²) in [5.41, 5.74) is 8.37. The van der Waals surface area contributed by atoms with E-state index in [9.17, 15) is 31.8 Å². The Morgan fingerprint density at radius 2 is 0.859 bits per heavy atom. The third-order valence-corrected chi connectivity index (χ3v) is 30.1. The first kappa shape index (κ1) is 105. The van der Waals surface area contributed by atoms with Crippen LogP contribution >= 0.6 is 75.0 Å². The SMILES string of the molecule is CNC.COc1cc(C2CCNCC2)ccc1Cc1ncc(Cl)c(Nc2ccccc2P(C)(C)=O)n1.COc1cc(N2CCC(N3CCCCC3)CC2)ccc1Nc1ncc(Cl)c(Nc2ccccc2P(C)(C)=O)n1.COc1cc(P(C)(C)=O)ccc1Nc1ncc(Cl)c(Nc2ccccc2C(C)=O)n1.COc1cc(P(C)(C)=O)ccc1Nc1ncc(Cl)c(Nc2ccccc2S(=O)[O-])n1. The molecule has 1 atom stereocenters. The predicted molar refractivity (Wildman–Crippen MR) is 556 cm³/mol. The minimum Gasteiger partial charge on any atom is -0.768 e. The van der Waals surface area contributed by atoms with Gasteiger partial charge in [0.2, 0.25) is 17.8 Å². The zero-order chi connectivity index (χ0) is 97.3. The number of rotatable bonds is 29. The smallest absolute Gasteiger partial charge is 0.229 e. The van der Waals surface area contributed by atoms with Gasteiger partial charge < -0.3 is 99.4 Å². The molecule has 0 saturated carbocycles. The molecule has 3 aliphatic rings. The van der Waals surface area contributed by atoms with Crippen LogP contribution in [0.3, 0.4) is 0 Å². The number of para-hydroxylation sites is 4. The summed E-state index contributed by atoms with van der Waals surface area (Å²) in [6, 6.07) is 52.4. The number of ether oxygens (including phenoxy) is 4. The van der Waals surface area contributed by atoms with E-state index in [1.54, 1.807) is 153 Å². The quantitative estimate of drug-likeness (QED) is 0.0119. The van der Waals surface area contributed by atoms with Gasteiger partial charge in [-0.3, -0.25) is 9.00 Å². The van der Waals surface area contributed by atoms with E-state index < -0.39 is 39.6 Å². The summed E-state index contributed by atoms with van der Waals surface area (Å²) < 4.78 is 95.3. The third-order valence-electron chi connectivity index (χ3n) is 22.1. The van der Waals surface area contributed by atoms with Gasteiger partial charge in [0.1, 0.15) is 77.5 Å². The number of piperidine rings is 3. The van der Waals surface area contributed by atoms with E-state index in [0.717, 1.165) is 83.8 Å². The summed E-state index contributed by atoms with van der Waals surface area (Å²) in [6.07, 6.45) is 15.3. The van der Waals surface area contributed by atoms with E-state index in [-0.39, 0.29) is 33.4 Å². The van der Waals surface area contributed by atoms with Crippen molar-refractivity contribution in [2.45, 2.75) is 75.1 Å². The van der Waals surface area contributed by atoms with Crippen LogP contribution < -0.4 is 92.9 Å². The highest BCUT2D eigenvalue weighted by molar-refractivity contribution is 7.79. The van der Waals surface area contributed by atoms with Gasteiger partial charge in [0, 0.05) is 74.5 Å². The number of hydrogen-bond acceptors (Lipinski definition) is 30. The van der Waals surface area contributed by atoms with Gasteiger partial charge in [0.25, 0.3) is 0 Å². The molecule has 12 aromatic rings. The van der Waals surface area contributed by atoms with E-state index in [1.165, 1.54) is 90.4 Å². The first-order chi connectivity index (χ1) is 64.4. The number of halogens is 4. The molecule has 3 aliphatic heterocycles. The molecule has 0 radical (unpaired) electrons. The van der Waals surface area contributed by atoms with Gasteiger partial charge >= 0.3 is 0 Å². The standard InChI is InChI=1S/C29H38ClN6O2P.C25H30ClN4O2P.C21H22ClN4O3P.C19H20ClN4O4PS.C2H7N/c1-38-26-19-22(36-17-13-21(14-18-36)35-15-7-4-8-16-35)11-12-24(26)33-29-31-20-23(30)28(34-29)32-25-9-5-6-10-27(25)39(2,3)37;1-32-22-14-18(17-10-12-27-13-11-17)8-9-19(22)15-24-28-16-20(26)25(30-24)29-21-6-4-5-7-23(21)33(2,3)31;1-13(27)15-7-5-6-8-17(15)24-20-16(22)12-23-21(26-20)25-18-10-9-14(30(3,4)28)11-19(18)29-2;1-28-16-10-12(29(2,3)25)8-9-14(16)23-19-21-11-13(20)18(24-19)22-15-6-4-5-7-17(15)30(26)27;1-3-2/h5-6,9-12,19-21H,4,7-8,13-18H2,1-3H3,(H2,31,32,33,34);4-9,14,16-17,27H,10-13,15H2,1-3H3,(H,28,29,30);5-12H,1-4H3,(H2,23,24,25,26);4-11H,1-3H3,(H,26,27)(H2,21,22,23,24);3H,1-2H3/p-1. The van der Waals surface area contributed by atoms with E-state index in [2.05, 4.69) is 128 Å². The molecule has 7 heterocycles. The van der Waals surface area contributed by atoms with Crippen LogP contribution in [0.25, 0.3) is 0 Å². The molecule has 0 amide bonds. The molecule has 0 bridgehead atoms. The van der Waals surface area contributed by atoms with Gasteiger partial charge in [0.15, 0.2) is 29.1 Å². The van der Waals surface area contributed by atoms with Crippen molar-refractivity contribution in [3.8, 4) is 23.0 Å². The maximum Gasteiger partial charge on any atom is 0.229 e. The lowest BCUT2D eigenvalue weighted by Gasteiger charge is -2.41. The molecule has 39 heteroatoms. The van der Waals surface area contributed by atoms with Crippen LogP contribution in [-0.2, 0) is 35.8 Å². The van der Waals surface area contributed by atoms with Crippen LogP contribution in [0.5, 0.6) is 23.0 Å². The number of benzene rings is 8. The van der Waals surface area contributed by atoms with Crippen molar-refractivity contribution < 1.29 is 50.8 Å². The molecular weight excluding hydrogens is 1890 g/mol. The molecule has 15 rings (SSSR count). The molecule has 8 aromatic carbocycles. The van der Waals surface area contributed by atoms with Crippen LogP contribution in [0.4, 0.5) is 86.6 Å². The van der Waals surface area contributed by atoms with E-state index in [4.69, 9.17) is 65.4 Å². The van der Waals surface area contributed by atoms with E-state index in [1.807, 2.05) is 74.8 Å². The summed E-state index contributed by atoms with van der Waals surface area (Å²) >= 11 is 22.8. The topological polar surface area (TPSA) is 380 Å². The Kier molecular flexibility index (Phi) is 38.0. The number of nitrogens with one attached hydrogen (secondary N) is 9. The number of methoxy groups -OCH3 is 4. The zero-order valence-electron chi connectivity index (χ0n) is 78.2. The van der Waals surface area contributed by atoms with Gasteiger partial charge in [-0.2, -0.15) is 15.0 Å². The number of carbonyl (C=O) groups excluding carboxylic acids is 1. The molecule has 3 saturated heterocycles. The molecule has 0 spiro atoms. The van der Waals surface area contributed by atoms with Crippen molar-refractivity contribution in [2.75, 3.05) is 177 Å². The largest absolute Gasteiger partial charge is 0.768 e. The van der Waals surface area contributed by atoms with Crippen molar-refractivity contribution in [2.24, 2.45) is 0 Å². The number of hydrogen-bond donors (Lipinski definition) is 9. The molecule has 9 N–H and O–H groups in total. The lowest BCUT2D eigenvalue weighted by atomic mass is 9.89. The Morgan fingerprint density at radius 1 is 0.452 bits per heavy atom. The molecule has 30 nitrogen and oxygen atoms in total. The summed E-state index contributed by atoms with van der Waals surface area (Å²) in [4.78, 5) is 52.3. The van der Waals surface area contributed by atoms with Crippen molar-refractivity contribution in [3.63, 3.8) is 0 Å². The second-order valence-corrected chi connectivity index (χ2v) is 48.9. The van der Waals surface area contributed by atoms with Crippen LogP contribution in [0, 0.1) is 0 Å². The molecule has 0 aliphatic carbocycles. The molecular formula is C96H116Cl4N19O11P4S-. The number of aromatic nitrogens is 8. The van der Waals surface area contributed by atoms with Crippen LogP contribution in [0.15, 0.2) is 200 Å². The second-order valence-electron chi connectivity index (χ2n) is 33.5. The van der Waals surface area contributed by atoms with Crippen LogP contribution in [0.2, 0.25) is 20.1 Å². The van der Waals surface area contributed by atoms with E-state index >= 15 is 0 Å². The number of carbonyl (C=O) groups is 1. The third kappa shape index (κ3) is 29.7. The molecule has 135 heavy (non-hydrogen) atoms. The number of likely N-dealkylation sites (tertiary alicyclic amines) is 1. The lowest BCUT2D eigenvalue weighted by Crippen LogP contribution is -2.46. The minimum absolute atomic E-state index is 0.0735. The van der Waals surface area contributed by atoms with Crippen LogP contribution in [-0.4, -0.2) is 200 Å². The maximum atomic E-state index is 12.8. The first-order valence-corrected chi connectivity index (χ1v) is 56.6. The lowest BCUT2D eigenvalue weighted by molar-refractivity contribution is 0.101. The number of anilines is 15. The highest BCUT2D eigenvalue weighted by Gasteiger charge is 2.29. The average molecular weight is 2010 g/mol. The molecule has 1 unspecified atom stereocenters. The summed E-state index contributed by atoms with van der Waals surface area (Å²) in [7, 11) is 0.335. The number of ketones is 1. The van der Waals surface area contributed by atoms with Gasteiger partial charge in [-0.05, 0) is 265 Å². The van der Waals surface area contributed by atoms with E-state index in [0.29, 0.717) is 119 Å². The predicted octanol–water partition coefficient (Wildman–Crippen LogP) is 20.5. The van der Waals surface area contributed by atoms with Gasteiger partial charge in [-0.25, -0.2) is 24.9 Å². The molecule has 716 valence electrons. The van der Waals surface area contributed by atoms with Gasteiger partial charge in [0.05, 0.1) is 93.0 Å². The Morgan fingerprint density at radius 3 is 1.31 bits per heavy atom. The normalized spacial score (nSPS) is 13.9. The Labute approximate surface area is 812 Å². The maximum absolute atomic E-state index is 12.8. The molecule has 3 fully saturated rings. The molecule has 4 aromatic heterocycles. The number of Topliss-reactive ketones (excluding diaryl/α,β-unsaturated/α-hetero) is 1. The van der Waals surface area contributed by atoms with Crippen molar-refractivity contribution in [3.05, 3.63) is 237 Å². The summed E-state index contributed by atoms with van der Waals surface area (Å²) in [5, 5.41) is 32.3. The Hall–Kier alpha value is -10.6. The van der Waals surface area contributed by atoms with Crippen molar-refractivity contribution in [1.29, 1.82) is 0 Å². The van der Waals surface area contributed by atoms with Crippen molar-refractivity contribution >= 4 is 200 Å². The monoisotopic (exact) mass is 2010 g/mol. The second kappa shape index (κ2) is 48.9. The Bertz CT molecular complexity index is 6160. The fourth-order valence-electron chi connectivity index (χ4n) is 15.2. The minimum atomic E-state index is -2.50. The fraction of sp³-hybridized carbons (Fsp3) is 0.323. The summed E-state index contributed by atoms with van der Waals surface area (Å²) in [5.74, 6) is 6.07. The van der Waals surface area contributed by atoms with Gasteiger partial charge in [-0.15, -0.1) is 0 Å². The van der Waals surface area contributed by atoms with Crippen molar-refractivity contribution in [1.82, 2.24) is 55.4 Å². The number of nitrogens with zero attached hydrogens (tertiary/aromatic N) is 10. The highest BCUT2D eigenvalue weighted by Crippen LogP contribution is 2.45. The van der Waals surface area contributed by atoms with Crippen LogP contribution in [0.1, 0.15) is 85.1 Å². The Balaban J connectivity index is 0.000000172. The van der Waals surface area contributed by atoms with Gasteiger partial charge in [-0.1, -0.05) is 113 Å². The zero-order valence-corrected chi connectivity index (χ0v) is 85.6. The fourth-order valence-corrected chi connectivity index (χ4v) is 20.3. The first-order valence-electron chi connectivity index (χ1n) is 43.6. The highest BCUT2D eigenvalue weighted by atomic mass is 35.5. The summed E-state index contributed by atoms with van der Waals surface area (Å²) in [6.45, 7) is 22.0. The average Bonchev–Trinajstić information content (AvgIpc) is 0.782.